The van der Waals surface area contributed by atoms with Crippen LogP contribution in [0, 0.1) is 5.82 Å². The lowest BCUT2D eigenvalue weighted by Crippen LogP contribution is -2.46. The van der Waals surface area contributed by atoms with E-state index in [9.17, 15) is 14.0 Å². The molecule has 8 heteroatoms. The Labute approximate surface area is 208 Å². The van der Waals surface area contributed by atoms with Gasteiger partial charge in [-0.05, 0) is 66.2 Å². The van der Waals surface area contributed by atoms with E-state index in [1.807, 2.05) is 17.5 Å². The Bertz CT molecular complexity index is 1140. The van der Waals surface area contributed by atoms with E-state index in [0.717, 1.165) is 30.6 Å². The van der Waals surface area contributed by atoms with Crippen LogP contribution in [0.4, 0.5) is 10.1 Å². The number of ether oxygens (including phenoxy) is 2. The van der Waals surface area contributed by atoms with Crippen LogP contribution in [0.25, 0.3) is 0 Å². The zero-order valence-electron chi connectivity index (χ0n) is 19.8. The SMILES string of the molecule is COc1ccc(C(C(=O)NC2CCCC2)N(C(=O)Cc2cccs2)c2ccc(F)cc2)cc1OC. The number of nitrogens with one attached hydrogen (secondary N) is 1. The van der Waals surface area contributed by atoms with E-state index >= 15 is 0 Å². The number of thiophene rings is 1. The van der Waals surface area contributed by atoms with Crippen LogP contribution in [-0.4, -0.2) is 32.1 Å². The molecule has 1 aliphatic rings. The summed E-state index contributed by atoms with van der Waals surface area (Å²) in [6, 6.07) is 13.7. The van der Waals surface area contributed by atoms with Crippen LogP contribution in [0.1, 0.15) is 42.2 Å². The number of halogens is 1. The van der Waals surface area contributed by atoms with E-state index in [0.29, 0.717) is 22.7 Å². The van der Waals surface area contributed by atoms with Crippen LogP contribution >= 0.6 is 11.3 Å². The molecule has 0 aliphatic heterocycles. The summed E-state index contributed by atoms with van der Waals surface area (Å²) in [6.45, 7) is 0. The van der Waals surface area contributed by atoms with Crippen molar-refractivity contribution in [2.24, 2.45) is 0 Å². The zero-order valence-corrected chi connectivity index (χ0v) is 20.6. The normalized spacial score (nSPS) is 14.4. The van der Waals surface area contributed by atoms with Crippen molar-refractivity contribution in [3.8, 4) is 11.5 Å². The minimum Gasteiger partial charge on any atom is -0.493 e. The molecule has 0 saturated heterocycles. The highest BCUT2D eigenvalue weighted by Crippen LogP contribution is 2.35. The Balaban J connectivity index is 1.80. The first-order chi connectivity index (χ1) is 17.0. The Morgan fingerprint density at radius 1 is 1.06 bits per heavy atom. The van der Waals surface area contributed by atoms with Crippen molar-refractivity contribution in [1.82, 2.24) is 5.32 Å². The first-order valence-electron chi connectivity index (χ1n) is 11.6. The summed E-state index contributed by atoms with van der Waals surface area (Å²) in [7, 11) is 3.06. The average molecular weight is 497 g/mol. The maximum absolute atomic E-state index is 13.8. The van der Waals surface area contributed by atoms with Gasteiger partial charge in [-0.1, -0.05) is 25.0 Å². The minimum atomic E-state index is -0.978. The first-order valence-corrected chi connectivity index (χ1v) is 12.5. The largest absolute Gasteiger partial charge is 0.493 e. The van der Waals surface area contributed by atoms with Gasteiger partial charge < -0.3 is 14.8 Å². The molecular formula is C27H29FN2O4S. The van der Waals surface area contributed by atoms with Gasteiger partial charge in [-0.15, -0.1) is 11.3 Å². The number of nitrogens with zero attached hydrogens (tertiary/aromatic N) is 1. The molecule has 0 bridgehead atoms. The number of carbonyl (C=O) groups excluding carboxylic acids is 2. The van der Waals surface area contributed by atoms with Crippen LogP contribution in [0.5, 0.6) is 11.5 Å². The van der Waals surface area contributed by atoms with Crippen LogP contribution in [0.3, 0.4) is 0 Å². The number of methoxy groups -OCH3 is 2. The van der Waals surface area contributed by atoms with Gasteiger partial charge in [-0.3, -0.25) is 14.5 Å². The van der Waals surface area contributed by atoms with E-state index < -0.39 is 11.9 Å². The number of anilines is 1. The molecule has 1 heterocycles. The number of amides is 2. The topological polar surface area (TPSA) is 67.9 Å². The Kier molecular flexibility index (Phi) is 8.02. The van der Waals surface area contributed by atoms with Gasteiger partial charge in [-0.25, -0.2) is 4.39 Å². The Hall–Kier alpha value is -3.39. The van der Waals surface area contributed by atoms with Crippen molar-refractivity contribution >= 4 is 28.8 Å². The van der Waals surface area contributed by atoms with E-state index in [1.54, 1.807) is 18.2 Å². The molecule has 4 rings (SSSR count). The van der Waals surface area contributed by atoms with E-state index in [4.69, 9.17) is 9.47 Å². The van der Waals surface area contributed by atoms with Gasteiger partial charge >= 0.3 is 0 Å². The average Bonchev–Trinajstić information content (AvgIpc) is 3.57. The molecular weight excluding hydrogens is 467 g/mol. The van der Waals surface area contributed by atoms with Crippen molar-refractivity contribution in [3.05, 3.63) is 76.2 Å². The molecule has 1 aromatic heterocycles. The lowest BCUT2D eigenvalue weighted by Gasteiger charge is -2.32. The Morgan fingerprint density at radius 3 is 2.40 bits per heavy atom. The van der Waals surface area contributed by atoms with Crippen LogP contribution in [-0.2, 0) is 16.0 Å². The van der Waals surface area contributed by atoms with Crippen molar-refractivity contribution in [1.29, 1.82) is 0 Å². The summed E-state index contributed by atoms with van der Waals surface area (Å²) in [4.78, 5) is 29.9. The first kappa shape index (κ1) is 24.7. The van der Waals surface area contributed by atoms with Gasteiger partial charge in [0.2, 0.25) is 11.8 Å². The second kappa shape index (κ2) is 11.4. The Morgan fingerprint density at radius 2 is 1.77 bits per heavy atom. The predicted octanol–water partition coefficient (Wildman–Crippen LogP) is 5.28. The third kappa shape index (κ3) is 5.82. The summed E-state index contributed by atoms with van der Waals surface area (Å²) in [5.74, 6) is 0.00347. The number of carbonyl (C=O) groups is 2. The van der Waals surface area contributed by atoms with E-state index in [-0.39, 0.29) is 24.3 Å². The molecule has 35 heavy (non-hydrogen) atoms. The smallest absolute Gasteiger partial charge is 0.248 e. The molecule has 1 unspecified atom stereocenters. The van der Waals surface area contributed by atoms with Gasteiger partial charge in [0.15, 0.2) is 11.5 Å². The van der Waals surface area contributed by atoms with Crippen molar-refractivity contribution in [3.63, 3.8) is 0 Å². The monoisotopic (exact) mass is 496 g/mol. The fourth-order valence-corrected chi connectivity index (χ4v) is 5.17. The summed E-state index contributed by atoms with van der Waals surface area (Å²) in [5.41, 5.74) is 1.01. The molecule has 1 aliphatic carbocycles. The minimum absolute atomic E-state index is 0.0626. The fourth-order valence-electron chi connectivity index (χ4n) is 4.48. The third-order valence-corrected chi connectivity index (χ3v) is 7.09. The van der Waals surface area contributed by atoms with Gasteiger partial charge in [0.1, 0.15) is 11.9 Å². The van der Waals surface area contributed by atoms with E-state index in [1.165, 1.54) is 54.7 Å². The molecule has 6 nitrogen and oxygen atoms in total. The van der Waals surface area contributed by atoms with Crippen LogP contribution in [0.2, 0.25) is 0 Å². The molecule has 2 aromatic carbocycles. The summed E-state index contributed by atoms with van der Waals surface area (Å²) < 4.78 is 24.6. The summed E-state index contributed by atoms with van der Waals surface area (Å²) in [5, 5.41) is 5.05. The zero-order chi connectivity index (χ0) is 24.8. The number of hydrogen-bond donors (Lipinski definition) is 1. The van der Waals surface area contributed by atoms with Gasteiger partial charge in [0.05, 0.1) is 20.6 Å². The second-order valence-corrected chi connectivity index (χ2v) is 9.54. The highest BCUT2D eigenvalue weighted by atomic mass is 32.1. The second-order valence-electron chi connectivity index (χ2n) is 8.50. The predicted molar refractivity (Wildman–Crippen MR) is 135 cm³/mol. The van der Waals surface area contributed by atoms with Gasteiger partial charge in [-0.2, -0.15) is 0 Å². The van der Waals surface area contributed by atoms with Crippen molar-refractivity contribution in [2.45, 2.75) is 44.2 Å². The molecule has 0 radical (unpaired) electrons. The van der Waals surface area contributed by atoms with Crippen LogP contribution in [0.15, 0.2) is 60.0 Å². The van der Waals surface area contributed by atoms with Crippen LogP contribution < -0.4 is 19.7 Å². The van der Waals surface area contributed by atoms with Crippen molar-refractivity contribution in [2.75, 3.05) is 19.1 Å². The molecule has 1 fully saturated rings. The quantitative estimate of drug-likeness (QED) is 0.438. The number of hydrogen-bond acceptors (Lipinski definition) is 5. The molecule has 1 atom stereocenters. The number of rotatable bonds is 9. The summed E-state index contributed by atoms with van der Waals surface area (Å²) >= 11 is 1.47. The molecule has 1 saturated carbocycles. The molecule has 1 N–H and O–H groups in total. The van der Waals surface area contributed by atoms with E-state index in [2.05, 4.69) is 5.32 Å². The summed E-state index contributed by atoms with van der Waals surface area (Å²) in [6.07, 6.45) is 4.06. The molecule has 0 spiro atoms. The standard InChI is InChI=1S/C27H29FN2O4S/c1-33-23-14-9-18(16-24(23)34-2)26(27(32)29-20-6-3-4-7-20)30(21-12-10-19(28)11-13-21)25(31)17-22-8-5-15-35-22/h5,8-16,20,26H,3-4,6-7,17H2,1-2H3,(H,29,32). The number of benzene rings is 2. The van der Waals surface area contributed by atoms with Gasteiger partial charge in [0.25, 0.3) is 0 Å². The lowest BCUT2D eigenvalue weighted by atomic mass is 10.0. The molecule has 2 amide bonds. The third-order valence-electron chi connectivity index (χ3n) is 6.21. The highest BCUT2D eigenvalue weighted by Gasteiger charge is 2.35. The van der Waals surface area contributed by atoms with Crippen molar-refractivity contribution < 1.29 is 23.5 Å². The lowest BCUT2D eigenvalue weighted by molar-refractivity contribution is -0.127. The van der Waals surface area contributed by atoms with Gasteiger partial charge in [0, 0.05) is 16.6 Å². The maximum Gasteiger partial charge on any atom is 0.248 e. The molecule has 3 aromatic rings. The highest BCUT2D eigenvalue weighted by molar-refractivity contribution is 7.10. The fraction of sp³-hybridized carbons (Fsp3) is 0.333. The maximum atomic E-state index is 13.8. The molecule has 184 valence electrons.